The Bertz CT molecular complexity index is 602. The molecular weight excluding hydrogens is 226 g/mol. The van der Waals surface area contributed by atoms with Crippen LogP contribution in [0.1, 0.15) is 11.1 Å². The van der Waals surface area contributed by atoms with E-state index in [0.29, 0.717) is 17.8 Å². The highest BCUT2D eigenvalue weighted by Crippen LogP contribution is 2.21. The molecule has 0 saturated heterocycles. The predicted octanol–water partition coefficient (Wildman–Crippen LogP) is 2.46. The molecule has 4 heteroatoms. The number of phenolic OH excluding ortho intramolecular Hbond substituents is 1. The molecule has 0 heterocycles. The van der Waals surface area contributed by atoms with Crippen LogP contribution in [0.3, 0.4) is 0 Å². The number of anilines is 2. The minimum Gasteiger partial charge on any atom is -0.508 e. The zero-order valence-electron chi connectivity index (χ0n) is 9.72. The monoisotopic (exact) mass is 239 g/mol. The SMILES string of the molecule is N#Cc1cccc(NCc2cc(N)ccc2O)c1. The molecule has 0 aliphatic heterocycles. The summed E-state index contributed by atoms with van der Waals surface area (Å²) in [5, 5.41) is 21.6. The van der Waals surface area contributed by atoms with Gasteiger partial charge in [0.1, 0.15) is 5.75 Å². The second-order valence-electron chi connectivity index (χ2n) is 3.93. The van der Waals surface area contributed by atoms with E-state index in [1.165, 1.54) is 0 Å². The molecule has 4 N–H and O–H groups in total. The van der Waals surface area contributed by atoms with Crippen LogP contribution >= 0.6 is 0 Å². The van der Waals surface area contributed by atoms with Gasteiger partial charge in [-0.3, -0.25) is 0 Å². The minimum atomic E-state index is 0.202. The van der Waals surface area contributed by atoms with Crippen molar-refractivity contribution in [3.63, 3.8) is 0 Å². The van der Waals surface area contributed by atoms with E-state index in [1.54, 1.807) is 36.4 Å². The number of nitriles is 1. The predicted molar refractivity (Wildman–Crippen MR) is 71.0 cm³/mol. The molecule has 2 rings (SSSR count). The Morgan fingerprint density at radius 3 is 2.83 bits per heavy atom. The van der Waals surface area contributed by atoms with Crippen LogP contribution < -0.4 is 11.1 Å². The molecule has 0 aromatic heterocycles. The molecule has 4 nitrogen and oxygen atoms in total. The first-order valence-corrected chi connectivity index (χ1v) is 5.50. The van der Waals surface area contributed by atoms with Gasteiger partial charge in [0.25, 0.3) is 0 Å². The number of nitrogens with zero attached hydrogens (tertiary/aromatic N) is 1. The second-order valence-corrected chi connectivity index (χ2v) is 3.93. The van der Waals surface area contributed by atoms with Gasteiger partial charge in [0.05, 0.1) is 11.6 Å². The quantitative estimate of drug-likeness (QED) is 0.567. The van der Waals surface area contributed by atoms with Gasteiger partial charge >= 0.3 is 0 Å². The van der Waals surface area contributed by atoms with Crippen LogP contribution in [-0.4, -0.2) is 5.11 Å². The van der Waals surface area contributed by atoms with Crippen LogP contribution in [0.15, 0.2) is 42.5 Å². The van der Waals surface area contributed by atoms with Crippen molar-refractivity contribution >= 4 is 11.4 Å². The van der Waals surface area contributed by atoms with Gasteiger partial charge in [0.15, 0.2) is 0 Å². The molecule has 0 amide bonds. The summed E-state index contributed by atoms with van der Waals surface area (Å²) >= 11 is 0. The molecule has 0 radical (unpaired) electrons. The zero-order valence-corrected chi connectivity index (χ0v) is 9.72. The lowest BCUT2D eigenvalue weighted by Gasteiger charge is -2.09. The number of nitrogens with two attached hydrogens (primary N) is 1. The van der Waals surface area contributed by atoms with E-state index >= 15 is 0 Å². The average molecular weight is 239 g/mol. The van der Waals surface area contributed by atoms with Gasteiger partial charge in [-0.15, -0.1) is 0 Å². The van der Waals surface area contributed by atoms with Gasteiger partial charge in [-0.25, -0.2) is 0 Å². The maximum atomic E-state index is 9.67. The van der Waals surface area contributed by atoms with Gasteiger partial charge in [0.2, 0.25) is 0 Å². The van der Waals surface area contributed by atoms with E-state index < -0.39 is 0 Å². The van der Waals surface area contributed by atoms with Crippen molar-refractivity contribution in [2.75, 3.05) is 11.1 Å². The van der Waals surface area contributed by atoms with Crippen molar-refractivity contribution in [2.45, 2.75) is 6.54 Å². The Kier molecular flexibility index (Phi) is 3.35. The van der Waals surface area contributed by atoms with E-state index in [-0.39, 0.29) is 5.75 Å². The summed E-state index contributed by atoms with van der Waals surface area (Å²) in [5.41, 5.74) is 8.41. The maximum absolute atomic E-state index is 9.67. The summed E-state index contributed by atoms with van der Waals surface area (Å²) in [5.74, 6) is 0.202. The molecule has 0 spiro atoms. The number of benzene rings is 2. The van der Waals surface area contributed by atoms with Gasteiger partial charge in [-0.05, 0) is 36.4 Å². The summed E-state index contributed by atoms with van der Waals surface area (Å²) in [7, 11) is 0. The van der Waals surface area contributed by atoms with E-state index in [9.17, 15) is 5.11 Å². The van der Waals surface area contributed by atoms with Gasteiger partial charge < -0.3 is 16.2 Å². The normalized spacial score (nSPS) is 9.72. The number of aromatic hydroxyl groups is 1. The summed E-state index contributed by atoms with van der Waals surface area (Å²) in [6.07, 6.45) is 0. The fraction of sp³-hybridized carbons (Fsp3) is 0.0714. The summed E-state index contributed by atoms with van der Waals surface area (Å²) in [6.45, 7) is 0.450. The van der Waals surface area contributed by atoms with Crippen LogP contribution in [0, 0.1) is 11.3 Å². The highest BCUT2D eigenvalue weighted by Gasteiger charge is 2.02. The number of nitrogens with one attached hydrogen (secondary N) is 1. The Morgan fingerprint density at radius 1 is 1.22 bits per heavy atom. The molecule has 0 fully saturated rings. The van der Waals surface area contributed by atoms with Crippen molar-refractivity contribution in [3.05, 3.63) is 53.6 Å². The van der Waals surface area contributed by atoms with Crippen LogP contribution in [0.2, 0.25) is 0 Å². The largest absolute Gasteiger partial charge is 0.508 e. The van der Waals surface area contributed by atoms with E-state index in [4.69, 9.17) is 11.0 Å². The summed E-state index contributed by atoms with van der Waals surface area (Å²) in [4.78, 5) is 0. The number of hydrogen-bond donors (Lipinski definition) is 3. The third kappa shape index (κ3) is 2.71. The molecule has 90 valence electrons. The lowest BCUT2D eigenvalue weighted by molar-refractivity contribution is 0.469. The van der Waals surface area contributed by atoms with Gasteiger partial charge in [0, 0.05) is 23.5 Å². The second kappa shape index (κ2) is 5.11. The van der Waals surface area contributed by atoms with Crippen LogP contribution in [0.25, 0.3) is 0 Å². The highest BCUT2D eigenvalue weighted by atomic mass is 16.3. The molecule has 0 aliphatic carbocycles. The van der Waals surface area contributed by atoms with E-state index in [0.717, 1.165) is 11.3 Å². The minimum absolute atomic E-state index is 0.202. The number of hydrogen-bond acceptors (Lipinski definition) is 4. The molecule has 0 unspecified atom stereocenters. The maximum Gasteiger partial charge on any atom is 0.120 e. The molecule has 0 saturated carbocycles. The fourth-order valence-electron chi connectivity index (χ4n) is 1.64. The Labute approximate surface area is 105 Å². The lowest BCUT2D eigenvalue weighted by atomic mass is 10.1. The Hall–Kier alpha value is -2.67. The highest BCUT2D eigenvalue weighted by molar-refractivity contribution is 5.52. The number of phenols is 1. The van der Waals surface area contributed by atoms with Crippen molar-refractivity contribution in [2.24, 2.45) is 0 Å². The molecule has 0 atom stereocenters. The summed E-state index contributed by atoms with van der Waals surface area (Å²) in [6, 6.07) is 14.2. The molecule has 18 heavy (non-hydrogen) atoms. The number of rotatable bonds is 3. The van der Waals surface area contributed by atoms with Crippen molar-refractivity contribution in [1.29, 1.82) is 5.26 Å². The molecule has 0 aliphatic rings. The summed E-state index contributed by atoms with van der Waals surface area (Å²) < 4.78 is 0. The molecule has 2 aromatic rings. The molecule has 2 aromatic carbocycles. The van der Waals surface area contributed by atoms with Gasteiger partial charge in [-0.2, -0.15) is 5.26 Å². The third-order valence-corrected chi connectivity index (χ3v) is 2.58. The lowest BCUT2D eigenvalue weighted by Crippen LogP contribution is -2.00. The van der Waals surface area contributed by atoms with Crippen LogP contribution in [0.4, 0.5) is 11.4 Å². The fourth-order valence-corrected chi connectivity index (χ4v) is 1.64. The topological polar surface area (TPSA) is 82.1 Å². The van der Waals surface area contributed by atoms with Crippen molar-refractivity contribution in [3.8, 4) is 11.8 Å². The van der Waals surface area contributed by atoms with Crippen molar-refractivity contribution in [1.82, 2.24) is 0 Å². The smallest absolute Gasteiger partial charge is 0.120 e. The standard InChI is InChI=1S/C14H13N3O/c15-8-10-2-1-3-13(6-10)17-9-11-7-12(16)4-5-14(11)18/h1-7,17-18H,9,16H2. The first-order chi connectivity index (χ1) is 8.69. The van der Waals surface area contributed by atoms with E-state index in [1.807, 2.05) is 6.07 Å². The van der Waals surface area contributed by atoms with Crippen molar-refractivity contribution < 1.29 is 5.11 Å². The van der Waals surface area contributed by atoms with Gasteiger partial charge in [-0.1, -0.05) is 6.07 Å². The van der Waals surface area contributed by atoms with Crippen LogP contribution in [-0.2, 0) is 6.54 Å². The average Bonchev–Trinajstić information content (AvgIpc) is 2.40. The van der Waals surface area contributed by atoms with Crippen LogP contribution in [0.5, 0.6) is 5.75 Å². The Morgan fingerprint density at radius 2 is 2.06 bits per heavy atom. The molecular formula is C14H13N3O. The zero-order chi connectivity index (χ0) is 13.0. The third-order valence-electron chi connectivity index (χ3n) is 2.58. The first-order valence-electron chi connectivity index (χ1n) is 5.50. The number of nitrogen functional groups attached to an aromatic ring is 1. The Balaban J connectivity index is 2.11. The van der Waals surface area contributed by atoms with E-state index in [2.05, 4.69) is 11.4 Å². The first kappa shape index (κ1) is 11.8. The molecule has 0 bridgehead atoms.